The molecule has 6 heteroatoms. The van der Waals surface area contributed by atoms with E-state index in [1.807, 2.05) is 0 Å². The number of hydrogen-bond donors (Lipinski definition) is 1. The lowest BCUT2D eigenvalue weighted by Crippen LogP contribution is -2.22. The van der Waals surface area contributed by atoms with E-state index in [9.17, 15) is 10.1 Å². The fourth-order valence-electron chi connectivity index (χ4n) is 2.10. The number of aliphatic hydroxyl groups is 1. The van der Waals surface area contributed by atoms with E-state index in [-0.39, 0.29) is 23.5 Å². The van der Waals surface area contributed by atoms with Crippen molar-refractivity contribution in [2.45, 2.75) is 57.7 Å². The molecule has 1 aliphatic rings. The second-order valence-electron chi connectivity index (χ2n) is 4.94. The summed E-state index contributed by atoms with van der Waals surface area (Å²) in [5.41, 5.74) is 0.243. The second-order valence-corrected chi connectivity index (χ2v) is 4.94. The summed E-state index contributed by atoms with van der Waals surface area (Å²) in [7, 11) is 0. The predicted octanol–water partition coefficient (Wildman–Crippen LogP) is 2.63. The average molecular weight is 287 g/mol. The van der Waals surface area contributed by atoms with Crippen molar-refractivity contribution in [2.24, 2.45) is 0 Å². The fourth-order valence-corrected chi connectivity index (χ4v) is 2.10. The van der Waals surface area contributed by atoms with Crippen LogP contribution >= 0.6 is 0 Å². The highest BCUT2D eigenvalue weighted by molar-refractivity contribution is 4.91. The maximum absolute atomic E-state index is 10.8. The maximum Gasteiger partial charge on any atom is 0.242 e. The van der Waals surface area contributed by atoms with Crippen molar-refractivity contribution >= 4 is 0 Å². The molecule has 0 bridgehead atoms. The summed E-state index contributed by atoms with van der Waals surface area (Å²) in [6.07, 6.45) is 7.83. The first-order chi connectivity index (χ1) is 9.74. The van der Waals surface area contributed by atoms with Crippen molar-refractivity contribution in [3.05, 3.63) is 21.9 Å². The normalized spacial score (nSPS) is 20.1. The summed E-state index contributed by atoms with van der Waals surface area (Å²) >= 11 is 0. The van der Waals surface area contributed by atoms with Gasteiger partial charge in [0.1, 0.15) is 0 Å². The Bertz CT molecular complexity index is 300. The minimum absolute atomic E-state index is 0.0836. The molecule has 1 rings (SSSR count). The minimum atomic E-state index is -0.331. The third-order valence-corrected chi connectivity index (χ3v) is 3.25. The van der Waals surface area contributed by atoms with Crippen molar-refractivity contribution in [3.63, 3.8) is 0 Å². The molecule has 0 aromatic carbocycles. The molecule has 6 nitrogen and oxygen atoms in total. The van der Waals surface area contributed by atoms with Gasteiger partial charge >= 0.3 is 0 Å². The van der Waals surface area contributed by atoms with Crippen LogP contribution in [0, 0.1) is 10.1 Å². The maximum atomic E-state index is 10.8. The standard InChI is InChI=1S/C14H25NO5/c16-10-4-1-7-13(15(17)18)8-2-5-11-19-14-9-3-6-12-20-14/h8,14,16H,1-7,9-12H2/b13-8+. The number of rotatable bonds is 10. The van der Waals surface area contributed by atoms with Crippen LogP contribution in [0.3, 0.4) is 0 Å². The number of nitro groups is 1. The van der Waals surface area contributed by atoms with Gasteiger partial charge in [-0.1, -0.05) is 0 Å². The lowest BCUT2D eigenvalue weighted by atomic mass is 10.1. The van der Waals surface area contributed by atoms with E-state index < -0.39 is 0 Å². The van der Waals surface area contributed by atoms with Gasteiger partial charge in [0.05, 0.1) is 11.5 Å². The zero-order chi connectivity index (χ0) is 14.6. The van der Waals surface area contributed by atoms with Crippen molar-refractivity contribution in [2.75, 3.05) is 19.8 Å². The van der Waals surface area contributed by atoms with E-state index in [0.29, 0.717) is 32.3 Å². The zero-order valence-electron chi connectivity index (χ0n) is 12.0. The van der Waals surface area contributed by atoms with Gasteiger partial charge in [-0.15, -0.1) is 0 Å². The Labute approximate surface area is 119 Å². The molecule has 1 fully saturated rings. The Morgan fingerprint density at radius 2 is 2.25 bits per heavy atom. The van der Waals surface area contributed by atoms with Crippen molar-refractivity contribution in [1.29, 1.82) is 0 Å². The molecule has 20 heavy (non-hydrogen) atoms. The monoisotopic (exact) mass is 287 g/mol. The molecule has 0 saturated carbocycles. The van der Waals surface area contributed by atoms with Gasteiger partial charge in [-0.3, -0.25) is 10.1 Å². The van der Waals surface area contributed by atoms with Gasteiger partial charge in [0.15, 0.2) is 6.29 Å². The van der Waals surface area contributed by atoms with E-state index >= 15 is 0 Å². The molecular weight excluding hydrogens is 262 g/mol. The van der Waals surface area contributed by atoms with Gasteiger partial charge in [0.25, 0.3) is 0 Å². The Morgan fingerprint density at radius 3 is 2.90 bits per heavy atom. The van der Waals surface area contributed by atoms with Crippen LogP contribution in [-0.4, -0.2) is 36.1 Å². The summed E-state index contributed by atoms with van der Waals surface area (Å²) in [4.78, 5) is 10.5. The number of ether oxygens (including phenoxy) is 2. The van der Waals surface area contributed by atoms with Gasteiger partial charge in [0.2, 0.25) is 5.70 Å². The first-order valence-corrected chi connectivity index (χ1v) is 7.41. The Hall–Kier alpha value is -0.980. The number of unbranched alkanes of at least 4 members (excludes halogenated alkanes) is 2. The molecule has 0 aromatic rings. The molecule has 1 heterocycles. The smallest absolute Gasteiger partial charge is 0.242 e. The quantitative estimate of drug-likeness (QED) is 0.379. The highest BCUT2D eigenvalue weighted by Crippen LogP contribution is 2.14. The highest BCUT2D eigenvalue weighted by atomic mass is 16.7. The first kappa shape index (κ1) is 17.1. The molecule has 0 spiro atoms. The first-order valence-electron chi connectivity index (χ1n) is 7.41. The molecule has 1 N–H and O–H groups in total. The van der Waals surface area contributed by atoms with Gasteiger partial charge in [0, 0.05) is 19.6 Å². The number of allylic oxidation sites excluding steroid dienone is 2. The van der Waals surface area contributed by atoms with Crippen LogP contribution < -0.4 is 0 Å². The van der Waals surface area contributed by atoms with E-state index in [0.717, 1.165) is 32.3 Å². The zero-order valence-corrected chi connectivity index (χ0v) is 12.0. The molecule has 0 radical (unpaired) electrons. The molecule has 0 aliphatic carbocycles. The SMILES string of the molecule is O=[N+]([O-])/C(=C/CCCOC1CCCCO1)CCCCO. The summed E-state index contributed by atoms with van der Waals surface area (Å²) in [6, 6.07) is 0. The van der Waals surface area contributed by atoms with Crippen molar-refractivity contribution in [3.8, 4) is 0 Å². The Morgan fingerprint density at radius 1 is 1.40 bits per heavy atom. The topological polar surface area (TPSA) is 81.8 Å². The summed E-state index contributed by atoms with van der Waals surface area (Å²) < 4.78 is 11.0. The summed E-state index contributed by atoms with van der Waals surface area (Å²) in [5.74, 6) is 0. The van der Waals surface area contributed by atoms with Gasteiger partial charge in [-0.2, -0.15) is 0 Å². The van der Waals surface area contributed by atoms with Crippen molar-refractivity contribution in [1.82, 2.24) is 0 Å². The summed E-state index contributed by atoms with van der Waals surface area (Å²) in [6.45, 7) is 1.42. The average Bonchev–Trinajstić information content (AvgIpc) is 2.46. The van der Waals surface area contributed by atoms with Gasteiger partial charge in [-0.25, -0.2) is 0 Å². The number of aliphatic hydroxyl groups excluding tert-OH is 1. The number of nitrogens with zero attached hydrogens (tertiary/aromatic N) is 1. The lowest BCUT2D eigenvalue weighted by molar-refractivity contribution is -0.428. The van der Waals surface area contributed by atoms with Crippen LogP contribution in [0.1, 0.15) is 51.4 Å². The number of hydrogen-bond acceptors (Lipinski definition) is 5. The van der Waals surface area contributed by atoms with E-state index in [1.54, 1.807) is 6.08 Å². The fraction of sp³-hybridized carbons (Fsp3) is 0.857. The van der Waals surface area contributed by atoms with Crippen LogP contribution in [0.2, 0.25) is 0 Å². The molecule has 1 atom stereocenters. The molecule has 116 valence electrons. The predicted molar refractivity (Wildman–Crippen MR) is 74.8 cm³/mol. The van der Waals surface area contributed by atoms with Crippen LogP contribution in [-0.2, 0) is 9.47 Å². The Kier molecular flexibility index (Phi) is 9.19. The molecule has 1 aliphatic heterocycles. The summed E-state index contributed by atoms with van der Waals surface area (Å²) in [5, 5.41) is 19.5. The largest absolute Gasteiger partial charge is 0.396 e. The lowest BCUT2D eigenvalue weighted by Gasteiger charge is -2.22. The van der Waals surface area contributed by atoms with E-state index in [1.165, 1.54) is 0 Å². The van der Waals surface area contributed by atoms with Crippen LogP contribution in [0.5, 0.6) is 0 Å². The molecular formula is C14H25NO5. The van der Waals surface area contributed by atoms with E-state index in [4.69, 9.17) is 14.6 Å². The van der Waals surface area contributed by atoms with Crippen LogP contribution in [0.25, 0.3) is 0 Å². The third-order valence-electron chi connectivity index (χ3n) is 3.25. The molecule has 1 saturated heterocycles. The van der Waals surface area contributed by atoms with Crippen molar-refractivity contribution < 1.29 is 19.5 Å². The molecule has 1 unspecified atom stereocenters. The Balaban J connectivity index is 2.14. The van der Waals surface area contributed by atoms with Gasteiger partial charge in [-0.05, 0) is 51.0 Å². The van der Waals surface area contributed by atoms with E-state index in [2.05, 4.69) is 0 Å². The minimum Gasteiger partial charge on any atom is -0.396 e. The second kappa shape index (κ2) is 10.8. The highest BCUT2D eigenvalue weighted by Gasteiger charge is 2.13. The van der Waals surface area contributed by atoms with Crippen LogP contribution in [0.15, 0.2) is 11.8 Å². The molecule has 0 amide bonds. The molecule has 0 aromatic heterocycles. The van der Waals surface area contributed by atoms with Crippen LogP contribution in [0.4, 0.5) is 0 Å². The van der Waals surface area contributed by atoms with Gasteiger partial charge < -0.3 is 14.6 Å². The third kappa shape index (κ3) is 7.57.